The molecular formula is C19H26O8. The average Bonchev–Trinajstić information content (AvgIpc) is 3.36. The second-order valence-corrected chi connectivity index (χ2v) is 8.45. The van der Waals surface area contributed by atoms with Gasteiger partial charge in [0.2, 0.25) is 0 Å². The minimum absolute atomic E-state index is 0.0351. The minimum atomic E-state index is -1.08. The van der Waals surface area contributed by atoms with Crippen LogP contribution in [0.15, 0.2) is 11.6 Å². The maximum atomic E-state index is 11.8. The van der Waals surface area contributed by atoms with Gasteiger partial charge in [0.05, 0.1) is 24.2 Å². The summed E-state index contributed by atoms with van der Waals surface area (Å²) < 4.78 is 23.1. The molecule has 0 amide bonds. The van der Waals surface area contributed by atoms with Crippen molar-refractivity contribution in [3.05, 3.63) is 11.6 Å². The Hall–Kier alpha value is -1.48. The molecule has 8 atom stereocenters. The summed E-state index contributed by atoms with van der Waals surface area (Å²) in [4.78, 5) is 23.4. The number of esters is 2. The molecule has 8 nitrogen and oxygen atoms in total. The normalized spacial score (nSPS) is 50.0. The summed E-state index contributed by atoms with van der Waals surface area (Å²) in [6, 6.07) is 0. The van der Waals surface area contributed by atoms with Gasteiger partial charge in [-0.25, -0.2) is 0 Å². The number of aliphatic hydroxyl groups excluding tert-OH is 2. The predicted molar refractivity (Wildman–Crippen MR) is 90.5 cm³/mol. The SMILES string of the molecule is CC(=O)OC[C@]12C[C@H](O)C(C)=C[C@H]1O[C@@H]1[C@H](O)[C@@H](OC(C)=O)[C@]2(C)[C@@]12CO2. The monoisotopic (exact) mass is 382 g/mol. The number of fused-ring (bicyclic) bond motifs is 2. The zero-order valence-electron chi connectivity index (χ0n) is 15.9. The van der Waals surface area contributed by atoms with Gasteiger partial charge < -0.3 is 29.2 Å². The second-order valence-electron chi connectivity index (χ2n) is 8.45. The molecule has 4 rings (SSSR count). The Labute approximate surface area is 157 Å². The average molecular weight is 382 g/mol. The zero-order valence-corrected chi connectivity index (χ0v) is 15.9. The summed E-state index contributed by atoms with van der Waals surface area (Å²) >= 11 is 0. The molecule has 0 radical (unpaired) electrons. The van der Waals surface area contributed by atoms with E-state index in [2.05, 4.69) is 0 Å². The van der Waals surface area contributed by atoms with Gasteiger partial charge in [0.25, 0.3) is 0 Å². The highest BCUT2D eigenvalue weighted by Crippen LogP contribution is 2.72. The predicted octanol–water partition coefficient (Wildman–Crippen LogP) is 0.0957. The quantitative estimate of drug-likeness (QED) is 0.401. The van der Waals surface area contributed by atoms with E-state index in [1.54, 1.807) is 0 Å². The fraction of sp³-hybridized carbons (Fsp3) is 0.789. The molecule has 2 aliphatic carbocycles. The number of epoxide rings is 1. The Balaban J connectivity index is 1.88. The summed E-state index contributed by atoms with van der Waals surface area (Å²) in [5.41, 5.74) is -1.91. The van der Waals surface area contributed by atoms with Gasteiger partial charge in [-0.2, -0.15) is 0 Å². The van der Waals surface area contributed by atoms with Gasteiger partial charge in [-0.3, -0.25) is 9.59 Å². The van der Waals surface area contributed by atoms with Crippen LogP contribution >= 0.6 is 0 Å². The summed E-state index contributed by atoms with van der Waals surface area (Å²) in [7, 11) is 0. The number of aliphatic hydroxyl groups is 2. The molecule has 27 heavy (non-hydrogen) atoms. The lowest BCUT2D eigenvalue weighted by atomic mass is 9.51. The molecule has 2 bridgehead atoms. The standard InChI is InChI=1S/C19H26O8/c1-9-5-13-18(6-12(9)22,7-24-10(2)20)17(4)15(26-11(3)21)14(23)16(27-13)19(17)8-25-19/h5,12-16,22-23H,6-8H2,1-4H3/t12-,13+,14+,15+,16+,17-,18+,19+/m0/s1. The van der Waals surface area contributed by atoms with Crippen LogP contribution in [0.1, 0.15) is 34.1 Å². The molecule has 2 saturated heterocycles. The van der Waals surface area contributed by atoms with Crippen molar-refractivity contribution < 1.29 is 38.7 Å². The first-order chi connectivity index (χ1) is 12.6. The van der Waals surface area contributed by atoms with Gasteiger partial charge >= 0.3 is 11.9 Å². The first-order valence-electron chi connectivity index (χ1n) is 9.23. The van der Waals surface area contributed by atoms with Crippen molar-refractivity contribution in [1.29, 1.82) is 0 Å². The topological polar surface area (TPSA) is 115 Å². The molecule has 3 fully saturated rings. The molecule has 0 aromatic carbocycles. The number of hydrogen-bond donors (Lipinski definition) is 2. The van der Waals surface area contributed by atoms with Crippen LogP contribution in [0.4, 0.5) is 0 Å². The molecule has 2 heterocycles. The second kappa shape index (κ2) is 5.76. The summed E-state index contributed by atoms with van der Waals surface area (Å²) in [5, 5.41) is 21.6. The van der Waals surface area contributed by atoms with Crippen LogP contribution in [-0.2, 0) is 28.5 Å². The molecule has 0 aromatic rings. The molecule has 0 aromatic heterocycles. The Kier molecular flexibility index (Phi) is 4.03. The van der Waals surface area contributed by atoms with Crippen LogP contribution in [0.25, 0.3) is 0 Å². The number of carbonyl (C=O) groups excluding carboxylic acids is 2. The van der Waals surface area contributed by atoms with E-state index in [0.29, 0.717) is 6.61 Å². The molecule has 8 heteroatoms. The van der Waals surface area contributed by atoms with E-state index in [1.807, 2.05) is 19.9 Å². The van der Waals surface area contributed by atoms with Gasteiger partial charge in [0.1, 0.15) is 30.5 Å². The summed E-state index contributed by atoms with van der Waals surface area (Å²) in [5.74, 6) is -0.978. The fourth-order valence-electron chi connectivity index (χ4n) is 5.60. The van der Waals surface area contributed by atoms with Crippen molar-refractivity contribution in [1.82, 2.24) is 0 Å². The lowest BCUT2D eigenvalue weighted by molar-refractivity contribution is -0.239. The summed E-state index contributed by atoms with van der Waals surface area (Å²) in [6.45, 7) is 6.61. The van der Waals surface area contributed by atoms with E-state index in [0.717, 1.165) is 5.57 Å². The van der Waals surface area contributed by atoms with Crippen LogP contribution in [0, 0.1) is 10.8 Å². The molecule has 1 saturated carbocycles. The van der Waals surface area contributed by atoms with E-state index in [-0.39, 0.29) is 13.0 Å². The van der Waals surface area contributed by atoms with E-state index >= 15 is 0 Å². The Morgan fingerprint density at radius 2 is 1.96 bits per heavy atom. The maximum absolute atomic E-state index is 11.8. The van der Waals surface area contributed by atoms with Crippen molar-refractivity contribution in [2.45, 2.75) is 70.2 Å². The van der Waals surface area contributed by atoms with Crippen molar-refractivity contribution in [3.63, 3.8) is 0 Å². The highest BCUT2D eigenvalue weighted by Gasteiger charge is 2.86. The number of hydrogen-bond acceptors (Lipinski definition) is 8. The molecule has 2 N–H and O–H groups in total. The molecule has 2 aliphatic heterocycles. The van der Waals surface area contributed by atoms with Crippen LogP contribution in [0.5, 0.6) is 0 Å². The van der Waals surface area contributed by atoms with Gasteiger partial charge in [0, 0.05) is 19.3 Å². The highest BCUT2D eigenvalue weighted by molar-refractivity contribution is 5.67. The Bertz CT molecular complexity index is 712. The molecule has 0 unspecified atom stereocenters. The smallest absolute Gasteiger partial charge is 0.303 e. The third kappa shape index (κ3) is 2.24. The van der Waals surface area contributed by atoms with Gasteiger partial charge in [0.15, 0.2) is 0 Å². The lowest BCUT2D eigenvalue weighted by Gasteiger charge is -2.58. The van der Waals surface area contributed by atoms with Crippen molar-refractivity contribution >= 4 is 11.9 Å². The van der Waals surface area contributed by atoms with E-state index in [4.69, 9.17) is 18.9 Å². The van der Waals surface area contributed by atoms with E-state index < -0.39 is 58.9 Å². The van der Waals surface area contributed by atoms with Crippen LogP contribution in [0.3, 0.4) is 0 Å². The van der Waals surface area contributed by atoms with Crippen molar-refractivity contribution in [3.8, 4) is 0 Å². The molecule has 150 valence electrons. The number of ether oxygens (including phenoxy) is 4. The van der Waals surface area contributed by atoms with Crippen LogP contribution in [-0.4, -0.2) is 71.5 Å². The third-order valence-corrected chi connectivity index (χ3v) is 7.18. The molecule has 1 spiro atoms. The third-order valence-electron chi connectivity index (χ3n) is 7.18. The van der Waals surface area contributed by atoms with E-state index in [9.17, 15) is 19.8 Å². The Morgan fingerprint density at radius 3 is 2.52 bits per heavy atom. The van der Waals surface area contributed by atoms with Crippen molar-refractivity contribution in [2.75, 3.05) is 13.2 Å². The fourth-order valence-corrected chi connectivity index (χ4v) is 5.60. The minimum Gasteiger partial charge on any atom is -0.465 e. The van der Waals surface area contributed by atoms with Crippen LogP contribution in [0.2, 0.25) is 0 Å². The molecule has 4 aliphatic rings. The zero-order chi connectivity index (χ0) is 19.8. The number of carbonyl (C=O) groups is 2. The largest absolute Gasteiger partial charge is 0.465 e. The first-order valence-corrected chi connectivity index (χ1v) is 9.23. The number of rotatable bonds is 3. The Morgan fingerprint density at radius 1 is 1.30 bits per heavy atom. The van der Waals surface area contributed by atoms with Crippen molar-refractivity contribution in [2.24, 2.45) is 10.8 Å². The highest BCUT2D eigenvalue weighted by atomic mass is 16.7. The first kappa shape index (κ1) is 18.9. The lowest BCUT2D eigenvalue weighted by Crippen LogP contribution is -2.67. The van der Waals surface area contributed by atoms with Gasteiger partial charge in [-0.1, -0.05) is 13.0 Å². The van der Waals surface area contributed by atoms with E-state index in [1.165, 1.54) is 13.8 Å². The van der Waals surface area contributed by atoms with Gasteiger partial charge in [-0.05, 0) is 18.9 Å². The maximum Gasteiger partial charge on any atom is 0.303 e. The molecular weight excluding hydrogens is 356 g/mol. The van der Waals surface area contributed by atoms with Gasteiger partial charge in [-0.15, -0.1) is 0 Å². The van der Waals surface area contributed by atoms with Crippen LogP contribution < -0.4 is 0 Å². The summed E-state index contributed by atoms with van der Waals surface area (Å²) in [6.07, 6.45) is -1.86.